The third-order valence-electron chi connectivity index (χ3n) is 5.29. The van der Waals surface area contributed by atoms with Crippen molar-refractivity contribution < 1.29 is 18.0 Å². The van der Waals surface area contributed by atoms with E-state index in [1.807, 2.05) is 4.57 Å². The topological polar surface area (TPSA) is 86.4 Å². The standard InChI is InChI=1S/C22H21F3N6O/c23-15-5-3-14(4-6-15)21-22(28-16-7-8-17(24)18(25)12-16)31-11-10-30(13-19(31)29-21)20(32)2-1-9-27-26/h3-8,12,26,28H,1-2,9-11,13H2. The second-order valence-corrected chi connectivity index (χ2v) is 7.44. The predicted molar refractivity (Wildman–Crippen MR) is 112 cm³/mol. The van der Waals surface area contributed by atoms with Crippen molar-refractivity contribution in [3.63, 3.8) is 0 Å². The van der Waals surface area contributed by atoms with Crippen molar-refractivity contribution in [2.45, 2.75) is 25.9 Å². The number of carbonyl (C=O) groups is 1. The van der Waals surface area contributed by atoms with Crippen molar-refractivity contribution in [1.82, 2.24) is 14.5 Å². The van der Waals surface area contributed by atoms with Crippen molar-refractivity contribution >= 4 is 17.4 Å². The molecule has 0 aliphatic carbocycles. The third-order valence-corrected chi connectivity index (χ3v) is 5.29. The van der Waals surface area contributed by atoms with Crippen LogP contribution in [0.4, 0.5) is 24.7 Å². The van der Waals surface area contributed by atoms with Gasteiger partial charge in [0.25, 0.3) is 0 Å². The second kappa shape index (κ2) is 9.21. The molecule has 166 valence electrons. The number of aromatic nitrogens is 2. The summed E-state index contributed by atoms with van der Waals surface area (Å²) in [6, 6.07) is 9.33. The van der Waals surface area contributed by atoms with Crippen molar-refractivity contribution in [1.29, 1.82) is 5.53 Å². The lowest BCUT2D eigenvalue weighted by Crippen LogP contribution is -2.38. The van der Waals surface area contributed by atoms with Crippen LogP contribution in [0.2, 0.25) is 0 Å². The number of carbonyl (C=O) groups excluding carboxylic acids is 1. The van der Waals surface area contributed by atoms with Gasteiger partial charge in [0.05, 0.1) is 13.1 Å². The fraction of sp³-hybridized carbons (Fsp3) is 0.273. The van der Waals surface area contributed by atoms with E-state index in [9.17, 15) is 18.0 Å². The molecule has 1 aromatic heterocycles. The Labute approximate surface area is 182 Å². The molecule has 1 aliphatic rings. The Hall–Kier alpha value is -3.69. The maximum atomic E-state index is 13.7. The number of imidazole rings is 1. The van der Waals surface area contributed by atoms with Crippen LogP contribution in [0.1, 0.15) is 18.7 Å². The maximum Gasteiger partial charge on any atom is 0.223 e. The molecule has 0 radical (unpaired) electrons. The average molecular weight is 442 g/mol. The number of nitrogens with one attached hydrogen (secondary N) is 2. The molecule has 32 heavy (non-hydrogen) atoms. The quantitative estimate of drug-likeness (QED) is 0.405. The van der Waals surface area contributed by atoms with E-state index in [1.54, 1.807) is 17.0 Å². The fourth-order valence-corrected chi connectivity index (χ4v) is 3.66. The van der Waals surface area contributed by atoms with Gasteiger partial charge in [0, 0.05) is 36.8 Å². The number of hydrogen-bond donors (Lipinski definition) is 2. The first kappa shape index (κ1) is 21.5. The number of hydrogen-bond acceptors (Lipinski definition) is 5. The predicted octanol–water partition coefficient (Wildman–Crippen LogP) is 4.86. The highest BCUT2D eigenvalue weighted by molar-refractivity contribution is 5.78. The van der Waals surface area contributed by atoms with Gasteiger partial charge in [-0.05, 0) is 42.8 Å². The van der Waals surface area contributed by atoms with Crippen LogP contribution < -0.4 is 5.32 Å². The van der Waals surface area contributed by atoms with Gasteiger partial charge in [-0.2, -0.15) is 5.11 Å². The molecule has 0 fully saturated rings. The number of rotatable bonds is 7. The van der Waals surface area contributed by atoms with E-state index in [2.05, 4.69) is 15.4 Å². The van der Waals surface area contributed by atoms with Crippen LogP contribution in [0.25, 0.3) is 11.3 Å². The first-order valence-corrected chi connectivity index (χ1v) is 10.1. The molecule has 2 aromatic carbocycles. The third kappa shape index (κ3) is 4.48. The molecule has 4 rings (SSSR count). The van der Waals surface area contributed by atoms with Crippen LogP contribution in [0, 0.1) is 23.0 Å². The summed E-state index contributed by atoms with van der Waals surface area (Å²) in [5, 5.41) is 6.38. The van der Waals surface area contributed by atoms with Crippen LogP contribution in [-0.2, 0) is 17.9 Å². The van der Waals surface area contributed by atoms with Crippen molar-refractivity contribution in [3.05, 3.63) is 65.7 Å². The van der Waals surface area contributed by atoms with Crippen LogP contribution in [0.5, 0.6) is 0 Å². The number of benzene rings is 2. The van der Waals surface area contributed by atoms with Gasteiger partial charge in [0.15, 0.2) is 11.6 Å². The Morgan fingerprint density at radius 1 is 1.09 bits per heavy atom. The average Bonchev–Trinajstić information content (AvgIpc) is 3.14. The summed E-state index contributed by atoms with van der Waals surface area (Å²) in [4.78, 5) is 18.9. The van der Waals surface area contributed by atoms with Gasteiger partial charge in [-0.15, -0.1) is 0 Å². The number of amides is 1. The molecule has 0 spiro atoms. The Balaban J connectivity index is 1.67. The van der Waals surface area contributed by atoms with Gasteiger partial charge in [-0.3, -0.25) is 4.79 Å². The first-order chi connectivity index (χ1) is 15.5. The van der Waals surface area contributed by atoms with E-state index in [0.29, 0.717) is 61.1 Å². The number of anilines is 2. The summed E-state index contributed by atoms with van der Waals surface area (Å²) in [6.45, 7) is 1.50. The summed E-state index contributed by atoms with van der Waals surface area (Å²) >= 11 is 0. The molecule has 2 N–H and O–H groups in total. The van der Waals surface area contributed by atoms with E-state index in [1.165, 1.54) is 18.2 Å². The minimum absolute atomic E-state index is 0.0404. The van der Waals surface area contributed by atoms with E-state index < -0.39 is 11.6 Å². The van der Waals surface area contributed by atoms with Crippen LogP contribution >= 0.6 is 0 Å². The lowest BCUT2D eigenvalue weighted by molar-refractivity contribution is -0.132. The van der Waals surface area contributed by atoms with E-state index in [-0.39, 0.29) is 18.3 Å². The zero-order chi connectivity index (χ0) is 22.7. The molecular formula is C22H21F3N6O. The van der Waals surface area contributed by atoms with Crippen LogP contribution in [-0.4, -0.2) is 33.4 Å². The summed E-state index contributed by atoms with van der Waals surface area (Å²) in [7, 11) is 0. The smallest absolute Gasteiger partial charge is 0.223 e. The number of halogens is 3. The van der Waals surface area contributed by atoms with Crippen molar-refractivity contribution in [2.75, 3.05) is 18.4 Å². The van der Waals surface area contributed by atoms with Gasteiger partial charge in [-0.1, -0.05) is 0 Å². The minimum atomic E-state index is -0.979. The second-order valence-electron chi connectivity index (χ2n) is 7.44. The molecular weight excluding hydrogens is 421 g/mol. The molecule has 0 atom stereocenters. The number of nitrogens with zero attached hydrogens (tertiary/aromatic N) is 4. The Morgan fingerprint density at radius 2 is 1.88 bits per heavy atom. The highest BCUT2D eigenvalue weighted by Crippen LogP contribution is 2.33. The van der Waals surface area contributed by atoms with Crippen LogP contribution in [0.3, 0.4) is 0 Å². The Bertz CT molecular complexity index is 1150. The van der Waals surface area contributed by atoms with Gasteiger partial charge >= 0.3 is 0 Å². The van der Waals surface area contributed by atoms with E-state index >= 15 is 0 Å². The lowest BCUT2D eigenvalue weighted by Gasteiger charge is -2.28. The summed E-state index contributed by atoms with van der Waals surface area (Å²) in [5.74, 6) is -1.17. The van der Waals surface area contributed by atoms with Crippen LogP contribution in [0.15, 0.2) is 47.6 Å². The molecule has 10 heteroatoms. The molecule has 1 amide bonds. The fourth-order valence-electron chi connectivity index (χ4n) is 3.66. The zero-order valence-electron chi connectivity index (χ0n) is 17.1. The van der Waals surface area contributed by atoms with Gasteiger partial charge in [0.2, 0.25) is 5.91 Å². The SMILES string of the molecule is N=NCCCC(=O)N1CCn2c(nc(-c3ccc(F)cc3)c2Nc2ccc(F)c(F)c2)C1. The lowest BCUT2D eigenvalue weighted by atomic mass is 10.1. The molecule has 0 unspecified atom stereocenters. The Kier molecular flexibility index (Phi) is 6.20. The Morgan fingerprint density at radius 3 is 2.59 bits per heavy atom. The summed E-state index contributed by atoms with van der Waals surface area (Å²) in [6.07, 6.45) is 0.810. The van der Waals surface area contributed by atoms with Crippen molar-refractivity contribution in [3.8, 4) is 11.3 Å². The van der Waals surface area contributed by atoms with E-state index in [0.717, 1.165) is 12.1 Å². The molecule has 0 saturated carbocycles. The summed E-state index contributed by atoms with van der Waals surface area (Å²) < 4.78 is 42.4. The molecule has 0 saturated heterocycles. The number of fused-ring (bicyclic) bond motifs is 1. The van der Waals surface area contributed by atoms with Gasteiger partial charge in [0.1, 0.15) is 23.2 Å². The molecule has 1 aliphatic heterocycles. The normalized spacial score (nSPS) is 13.0. The monoisotopic (exact) mass is 442 g/mol. The molecule has 7 nitrogen and oxygen atoms in total. The minimum Gasteiger partial charge on any atom is -0.340 e. The van der Waals surface area contributed by atoms with Crippen molar-refractivity contribution in [2.24, 2.45) is 5.11 Å². The molecule has 0 bridgehead atoms. The largest absolute Gasteiger partial charge is 0.340 e. The maximum absolute atomic E-state index is 13.7. The first-order valence-electron chi connectivity index (χ1n) is 10.1. The summed E-state index contributed by atoms with van der Waals surface area (Å²) in [5.41, 5.74) is 8.35. The molecule has 3 aromatic rings. The highest BCUT2D eigenvalue weighted by atomic mass is 19.2. The van der Waals surface area contributed by atoms with Gasteiger partial charge < -0.3 is 14.8 Å². The van der Waals surface area contributed by atoms with E-state index in [4.69, 9.17) is 5.53 Å². The highest BCUT2D eigenvalue weighted by Gasteiger charge is 2.27. The molecule has 2 heterocycles. The zero-order valence-corrected chi connectivity index (χ0v) is 17.1. The van der Waals surface area contributed by atoms with Gasteiger partial charge in [-0.25, -0.2) is 23.7 Å².